The van der Waals surface area contributed by atoms with E-state index in [4.69, 9.17) is 4.74 Å². The van der Waals surface area contributed by atoms with Crippen molar-refractivity contribution in [2.45, 2.75) is 43.8 Å². The number of sulfonamides is 1. The fraction of sp³-hybridized carbons (Fsp3) is 0.259. The molecule has 182 valence electrons. The second kappa shape index (κ2) is 10.3. The Hall–Kier alpha value is -3.65. The van der Waals surface area contributed by atoms with Crippen LogP contribution in [0.4, 0.5) is 0 Å². The summed E-state index contributed by atoms with van der Waals surface area (Å²) in [5, 5.41) is 0. The SMILES string of the molecule is COc1ccc(S(=O)(=O)N2C(=O)CC[C@H]2C(=O)N(Cc2ccccc2)Cc2ccccc2)cc1C. The first-order valence-corrected chi connectivity index (χ1v) is 12.8. The molecule has 3 aromatic rings. The molecule has 3 aromatic carbocycles. The zero-order chi connectivity index (χ0) is 25.0. The number of carbonyl (C=O) groups excluding carboxylic acids is 2. The molecule has 0 aromatic heterocycles. The van der Waals surface area contributed by atoms with Crippen molar-refractivity contribution >= 4 is 21.8 Å². The van der Waals surface area contributed by atoms with Crippen LogP contribution >= 0.6 is 0 Å². The largest absolute Gasteiger partial charge is 0.496 e. The van der Waals surface area contributed by atoms with E-state index < -0.39 is 27.9 Å². The molecule has 0 spiro atoms. The van der Waals surface area contributed by atoms with Crippen molar-refractivity contribution in [3.63, 3.8) is 0 Å². The summed E-state index contributed by atoms with van der Waals surface area (Å²) in [6, 6.07) is 22.3. The van der Waals surface area contributed by atoms with Gasteiger partial charge in [0.25, 0.3) is 10.0 Å². The second-order valence-corrected chi connectivity index (χ2v) is 10.4. The van der Waals surface area contributed by atoms with Crippen molar-refractivity contribution in [2.24, 2.45) is 0 Å². The van der Waals surface area contributed by atoms with Gasteiger partial charge in [-0.1, -0.05) is 60.7 Å². The van der Waals surface area contributed by atoms with Gasteiger partial charge >= 0.3 is 0 Å². The molecule has 0 radical (unpaired) electrons. The Balaban J connectivity index is 1.67. The molecule has 8 heteroatoms. The van der Waals surface area contributed by atoms with E-state index in [-0.39, 0.29) is 17.7 Å². The van der Waals surface area contributed by atoms with E-state index in [0.717, 1.165) is 15.4 Å². The zero-order valence-corrected chi connectivity index (χ0v) is 20.6. The molecule has 35 heavy (non-hydrogen) atoms. The molecule has 0 N–H and O–H groups in total. The van der Waals surface area contributed by atoms with Gasteiger partial charge in [0, 0.05) is 19.5 Å². The van der Waals surface area contributed by atoms with E-state index in [1.807, 2.05) is 60.7 Å². The molecule has 7 nitrogen and oxygen atoms in total. The van der Waals surface area contributed by atoms with Crippen molar-refractivity contribution in [3.05, 3.63) is 95.6 Å². The number of carbonyl (C=O) groups is 2. The standard InChI is InChI=1S/C27H28N2O5S/c1-20-17-23(13-15-25(20)34-2)35(32,33)29-24(14-16-26(29)30)27(31)28(18-21-9-5-3-6-10-21)19-22-11-7-4-8-12-22/h3-13,15,17,24H,14,16,18-19H2,1-2H3/t24-/m0/s1. The summed E-state index contributed by atoms with van der Waals surface area (Å²) < 4.78 is 33.1. The van der Waals surface area contributed by atoms with Crippen LogP contribution in [0.5, 0.6) is 5.75 Å². The summed E-state index contributed by atoms with van der Waals surface area (Å²) in [6.07, 6.45) is 0.140. The minimum absolute atomic E-state index is 0.00468. The normalized spacial score (nSPS) is 15.8. The highest BCUT2D eigenvalue weighted by Crippen LogP contribution is 2.31. The van der Waals surface area contributed by atoms with Crippen LogP contribution in [-0.4, -0.2) is 42.6 Å². The lowest BCUT2D eigenvalue weighted by atomic mass is 10.1. The molecule has 0 bridgehead atoms. The highest BCUT2D eigenvalue weighted by atomic mass is 32.2. The van der Waals surface area contributed by atoms with Crippen molar-refractivity contribution < 1.29 is 22.7 Å². The highest BCUT2D eigenvalue weighted by Gasteiger charge is 2.45. The minimum atomic E-state index is -4.23. The average Bonchev–Trinajstić information content (AvgIpc) is 3.26. The predicted octanol–water partition coefficient (Wildman–Crippen LogP) is 3.91. The molecule has 1 atom stereocenters. The van der Waals surface area contributed by atoms with Gasteiger partial charge in [-0.05, 0) is 48.2 Å². The van der Waals surface area contributed by atoms with Crippen LogP contribution in [0.15, 0.2) is 83.8 Å². The highest BCUT2D eigenvalue weighted by molar-refractivity contribution is 7.89. The van der Waals surface area contributed by atoms with E-state index in [9.17, 15) is 18.0 Å². The summed E-state index contributed by atoms with van der Waals surface area (Å²) in [5.74, 6) is -0.421. The number of benzene rings is 3. The van der Waals surface area contributed by atoms with E-state index >= 15 is 0 Å². The molecular weight excluding hydrogens is 464 g/mol. The summed E-state index contributed by atoms with van der Waals surface area (Å²) in [6.45, 7) is 2.33. The van der Waals surface area contributed by atoms with Crippen LogP contribution in [0.25, 0.3) is 0 Å². The maximum absolute atomic E-state index is 13.8. The fourth-order valence-corrected chi connectivity index (χ4v) is 6.02. The number of amides is 2. The topological polar surface area (TPSA) is 84.0 Å². The van der Waals surface area contributed by atoms with Gasteiger partial charge in [0.1, 0.15) is 11.8 Å². The molecule has 0 unspecified atom stereocenters. The molecular formula is C27H28N2O5S. The summed E-state index contributed by atoms with van der Waals surface area (Å²) in [4.78, 5) is 28.2. The third-order valence-corrected chi connectivity index (χ3v) is 7.94. The Labute approximate surface area is 206 Å². The quantitative estimate of drug-likeness (QED) is 0.476. The van der Waals surface area contributed by atoms with Gasteiger partial charge in [0.05, 0.1) is 12.0 Å². The van der Waals surface area contributed by atoms with Crippen molar-refractivity contribution in [1.29, 1.82) is 0 Å². The Morgan fingerprint density at radius 3 is 2.06 bits per heavy atom. The van der Waals surface area contributed by atoms with Gasteiger partial charge in [-0.3, -0.25) is 9.59 Å². The Morgan fingerprint density at radius 1 is 0.971 bits per heavy atom. The number of rotatable bonds is 8. The molecule has 0 aliphatic carbocycles. The van der Waals surface area contributed by atoms with Crippen molar-refractivity contribution in [3.8, 4) is 5.75 Å². The smallest absolute Gasteiger partial charge is 0.267 e. The van der Waals surface area contributed by atoms with Crippen LogP contribution in [0, 0.1) is 6.92 Å². The molecule has 1 aliphatic rings. The van der Waals surface area contributed by atoms with Crippen LogP contribution < -0.4 is 4.74 Å². The molecule has 1 saturated heterocycles. The lowest BCUT2D eigenvalue weighted by Gasteiger charge is -2.30. The summed E-state index contributed by atoms with van der Waals surface area (Å²) >= 11 is 0. The molecule has 1 aliphatic heterocycles. The third-order valence-electron chi connectivity index (χ3n) is 6.11. The first kappa shape index (κ1) is 24.5. The second-order valence-electron chi connectivity index (χ2n) is 8.55. The van der Waals surface area contributed by atoms with Gasteiger partial charge in [0.15, 0.2) is 0 Å². The number of methoxy groups -OCH3 is 1. The number of hydrogen-bond donors (Lipinski definition) is 0. The van der Waals surface area contributed by atoms with Gasteiger partial charge in [-0.2, -0.15) is 0 Å². The Bertz CT molecular complexity index is 1270. The van der Waals surface area contributed by atoms with Crippen LogP contribution in [-0.2, 0) is 32.7 Å². The summed E-state index contributed by atoms with van der Waals surface area (Å²) in [5.41, 5.74) is 2.46. The van der Waals surface area contributed by atoms with Crippen LogP contribution in [0.1, 0.15) is 29.5 Å². The Kier molecular flexibility index (Phi) is 7.21. The van der Waals surface area contributed by atoms with Gasteiger partial charge in [-0.25, -0.2) is 12.7 Å². The number of nitrogens with zero attached hydrogens (tertiary/aromatic N) is 2. The number of hydrogen-bond acceptors (Lipinski definition) is 5. The number of ether oxygens (including phenoxy) is 1. The van der Waals surface area contributed by atoms with E-state index in [1.165, 1.54) is 19.2 Å². The molecule has 1 heterocycles. The monoisotopic (exact) mass is 492 g/mol. The average molecular weight is 493 g/mol. The van der Waals surface area contributed by atoms with E-state index in [0.29, 0.717) is 24.4 Å². The minimum Gasteiger partial charge on any atom is -0.496 e. The lowest BCUT2D eigenvalue weighted by Crippen LogP contribution is -2.48. The lowest BCUT2D eigenvalue weighted by molar-refractivity contribution is -0.138. The van der Waals surface area contributed by atoms with Gasteiger partial charge < -0.3 is 9.64 Å². The van der Waals surface area contributed by atoms with Crippen molar-refractivity contribution in [1.82, 2.24) is 9.21 Å². The molecule has 1 fully saturated rings. The van der Waals surface area contributed by atoms with Crippen LogP contribution in [0.3, 0.4) is 0 Å². The first-order chi connectivity index (χ1) is 16.8. The molecule has 4 rings (SSSR count). The predicted molar refractivity (Wildman–Crippen MR) is 132 cm³/mol. The Morgan fingerprint density at radius 2 is 1.54 bits per heavy atom. The van der Waals surface area contributed by atoms with Gasteiger partial charge in [0.2, 0.25) is 11.8 Å². The number of aryl methyl sites for hydroxylation is 1. The van der Waals surface area contributed by atoms with Gasteiger partial charge in [-0.15, -0.1) is 0 Å². The van der Waals surface area contributed by atoms with E-state index in [2.05, 4.69) is 0 Å². The maximum Gasteiger partial charge on any atom is 0.267 e. The molecule has 0 saturated carbocycles. The fourth-order valence-electron chi connectivity index (χ4n) is 4.34. The van der Waals surface area contributed by atoms with Crippen molar-refractivity contribution in [2.75, 3.05) is 7.11 Å². The molecule has 2 amide bonds. The third kappa shape index (κ3) is 5.22. The summed E-state index contributed by atoms with van der Waals surface area (Å²) in [7, 11) is -2.72. The van der Waals surface area contributed by atoms with E-state index in [1.54, 1.807) is 17.9 Å². The zero-order valence-electron chi connectivity index (χ0n) is 19.8. The first-order valence-electron chi connectivity index (χ1n) is 11.4. The van der Waals surface area contributed by atoms with Crippen LogP contribution in [0.2, 0.25) is 0 Å². The maximum atomic E-state index is 13.8.